The highest BCUT2D eigenvalue weighted by Crippen LogP contribution is 2.21. The van der Waals surface area contributed by atoms with Crippen LogP contribution in [0.2, 0.25) is 5.02 Å². The van der Waals surface area contributed by atoms with Crippen LogP contribution in [0, 0.1) is 11.7 Å². The average molecular weight is 377 g/mol. The van der Waals surface area contributed by atoms with Crippen molar-refractivity contribution in [3.8, 4) is 0 Å². The molecule has 2 rings (SSSR count). The van der Waals surface area contributed by atoms with Crippen LogP contribution in [0.1, 0.15) is 29.8 Å². The molecule has 0 heterocycles. The first kappa shape index (κ1) is 19.9. The Morgan fingerprint density at radius 2 is 1.77 bits per heavy atom. The molecule has 0 aliphatic carbocycles. The van der Waals surface area contributed by atoms with Crippen LogP contribution in [0.15, 0.2) is 48.5 Å². The fourth-order valence-corrected chi connectivity index (χ4v) is 2.79. The first-order chi connectivity index (χ1) is 12.3. The zero-order valence-electron chi connectivity index (χ0n) is 15.0. The van der Waals surface area contributed by atoms with Gasteiger partial charge in [-0.05, 0) is 30.2 Å². The standard InChI is InChI=1S/C20H22ClFN2O2/c1-13(2)18(23-19(25)14-8-5-4-6-9-14)20(26)24(3)12-15-16(21)10-7-11-17(15)22/h4-11,13,18H,12H2,1-3H3,(H,23,25). The predicted octanol–water partition coefficient (Wildman–Crippen LogP) is 3.89. The lowest BCUT2D eigenvalue weighted by Crippen LogP contribution is -2.50. The summed E-state index contributed by atoms with van der Waals surface area (Å²) >= 11 is 6.04. The van der Waals surface area contributed by atoms with Crippen molar-refractivity contribution in [2.24, 2.45) is 5.92 Å². The first-order valence-electron chi connectivity index (χ1n) is 8.35. The van der Waals surface area contributed by atoms with E-state index >= 15 is 0 Å². The molecule has 0 aromatic heterocycles. The van der Waals surface area contributed by atoms with Crippen LogP contribution >= 0.6 is 11.6 Å². The Kier molecular flexibility index (Phi) is 6.75. The number of rotatable bonds is 6. The normalized spacial score (nSPS) is 11.9. The number of amides is 2. The van der Waals surface area contributed by atoms with E-state index in [1.165, 1.54) is 17.0 Å². The third-order valence-electron chi connectivity index (χ3n) is 4.09. The molecule has 0 fully saturated rings. The molecule has 6 heteroatoms. The van der Waals surface area contributed by atoms with Gasteiger partial charge in [0.05, 0.1) is 0 Å². The molecule has 0 saturated heterocycles. The van der Waals surface area contributed by atoms with Gasteiger partial charge in [0.1, 0.15) is 11.9 Å². The van der Waals surface area contributed by atoms with E-state index in [9.17, 15) is 14.0 Å². The minimum Gasteiger partial charge on any atom is -0.340 e. The van der Waals surface area contributed by atoms with Gasteiger partial charge in [-0.25, -0.2) is 4.39 Å². The highest BCUT2D eigenvalue weighted by atomic mass is 35.5. The van der Waals surface area contributed by atoms with Crippen LogP contribution in [0.3, 0.4) is 0 Å². The molecule has 26 heavy (non-hydrogen) atoms. The van der Waals surface area contributed by atoms with Gasteiger partial charge in [-0.3, -0.25) is 9.59 Å². The van der Waals surface area contributed by atoms with Crippen molar-refractivity contribution in [1.82, 2.24) is 10.2 Å². The largest absolute Gasteiger partial charge is 0.340 e. The molecule has 4 nitrogen and oxygen atoms in total. The van der Waals surface area contributed by atoms with Gasteiger partial charge in [-0.2, -0.15) is 0 Å². The molecule has 0 spiro atoms. The summed E-state index contributed by atoms with van der Waals surface area (Å²) in [7, 11) is 1.56. The van der Waals surface area contributed by atoms with Crippen LogP contribution in [0.5, 0.6) is 0 Å². The Morgan fingerprint density at radius 1 is 1.12 bits per heavy atom. The lowest BCUT2D eigenvalue weighted by atomic mass is 10.0. The maximum atomic E-state index is 14.0. The lowest BCUT2D eigenvalue weighted by Gasteiger charge is -2.27. The van der Waals surface area contributed by atoms with Crippen molar-refractivity contribution >= 4 is 23.4 Å². The molecule has 0 aliphatic heterocycles. The third kappa shape index (κ3) is 4.82. The Morgan fingerprint density at radius 3 is 2.35 bits per heavy atom. The molecule has 0 saturated carbocycles. The first-order valence-corrected chi connectivity index (χ1v) is 8.72. The highest BCUT2D eigenvalue weighted by Gasteiger charge is 2.28. The van der Waals surface area contributed by atoms with E-state index < -0.39 is 11.9 Å². The minimum atomic E-state index is -0.724. The summed E-state index contributed by atoms with van der Waals surface area (Å²) < 4.78 is 14.0. The summed E-state index contributed by atoms with van der Waals surface area (Å²) in [5, 5.41) is 3.03. The Hall–Kier alpha value is -2.40. The molecule has 1 N–H and O–H groups in total. The quantitative estimate of drug-likeness (QED) is 0.831. The number of nitrogens with one attached hydrogen (secondary N) is 1. The third-order valence-corrected chi connectivity index (χ3v) is 4.44. The van der Waals surface area contributed by atoms with E-state index in [1.807, 2.05) is 19.9 Å². The van der Waals surface area contributed by atoms with Crippen molar-refractivity contribution in [1.29, 1.82) is 0 Å². The predicted molar refractivity (Wildman–Crippen MR) is 100 cm³/mol. The smallest absolute Gasteiger partial charge is 0.251 e. The van der Waals surface area contributed by atoms with Crippen molar-refractivity contribution < 1.29 is 14.0 Å². The topological polar surface area (TPSA) is 49.4 Å². The number of hydrogen-bond acceptors (Lipinski definition) is 2. The number of nitrogens with zero attached hydrogens (tertiary/aromatic N) is 1. The van der Waals surface area contributed by atoms with Gasteiger partial charge in [0.25, 0.3) is 5.91 Å². The van der Waals surface area contributed by atoms with Crippen LogP contribution in [-0.2, 0) is 11.3 Å². The zero-order chi connectivity index (χ0) is 19.3. The van der Waals surface area contributed by atoms with E-state index in [-0.39, 0.29) is 34.9 Å². The van der Waals surface area contributed by atoms with E-state index in [1.54, 1.807) is 37.4 Å². The second kappa shape index (κ2) is 8.81. The molecular formula is C20H22ClFN2O2. The number of benzene rings is 2. The van der Waals surface area contributed by atoms with E-state index in [0.29, 0.717) is 5.56 Å². The summed E-state index contributed by atoms with van der Waals surface area (Å²) in [6.07, 6.45) is 0. The Bertz CT molecular complexity index is 760. The van der Waals surface area contributed by atoms with E-state index in [2.05, 4.69) is 5.32 Å². The maximum absolute atomic E-state index is 14.0. The molecule has 0 bridgehead atoms. The van der Waals surface area contributed by atoms with Gasteiger partial charge >= 0.3 is 0 Å². The molecule has 1 unspecified atom stereocenters. The minimum absolute atomic E-state index is 0.0226. The number of carbonyl (C=O) groups is 2. The van der Waals surface area contributed by atoms with Crippen LogP contribution in [-0.4, -0.2) is 29.8 Å². The monoisotopic (exact) mass is 376 g/mol. The molecular weight excluding hydrogens is 355 g/mol. The van der Waals surface area contributed by atoms with Gasteiger partial charge in [0, 0.05) is 29.7 Å². The van der Waals surface area contributed by atoms with Crippen molar-refractivity contribution in [3.05, 3.63) is 70.5 Å². The van der Waals surface area contributed by atoms with Crippen LogP contribution < -0.4 is 5.32 Å². The Labute approximate surface area is 158 Å². The van der Waals surface area contributed by atoms with Gasteiger partial charge in [0.15, 0.2) is 0 Å². The van der Waals surface area contributed by atoms with Crippen molar-refractivity contribution in [3.63, 3.8) is 0 Å². The highest BCUT2D eigenvalue weighted by molar-refractivity contribution is 6.31. The van der Waals surface area contributed by atoms with Gasteiger partial charge < -0.3 is 10.2 Å². The summed E-state index contributed by atoms with van der Waals surface area (Å²) in [6.45, 7) is 3.71. The van der Waals surface area contributed by atoms with Crippen LogP contribution in [0.25, 0.3) is 0 Å². The average Bonchev–Trinajstić information content (AvgIpc) is 2.62. The second-order valence-electron chi connectivity index (χ2n) is 6.46. The number of halogens is 2. The fraction of sp³-hybridized carbons (Fsp3) is 0.300. The van der Waals surface area contributed by atoms with Crippen molar-refractivity contribution in [2.45, 2.75) is 26.4 Å². The summed E-state index contributed by atoms with van der Waals surface area (Å²) in [6, 6.07) is 12.4. The zero-order valence-corrected chi connectivity index (χ0v) is 15.8. The number of carbonyl (C=O) groups excluding carboxylic acids is 2. The number of likely N-dealkylation sites (N-methyl/N-ethyl adjacent to an activating group) is 1. The summed E-state index contributed by atoms with van der Waals surface area (Å²) in [5.74, 6) is -1.22. The maximum Gasteiger partial charge on any atom is 0.251 e. The molecule has 1 atom stereocenters. The van der Waals surface area contributed by atoms with Crippen LogP contribution in [0.4, 0.5) is 4.39 Å². The molecule has 138 valence electrons. The lowest BCUT2D eigenvalue weighted by molar-refractivity contribution is -0.133. The van der Waals surface area contributed by atoms with E-state index in [0.717, 1.165) is 0 Å². The molecule has 2 aromatic rings. The van der Waals surface area contributed by atoms with Gasteiger partial charge in [-0.1, -0.05) is 49.7 Å². The second-order valence-corrected chi connectivity index (χ2v) is 6.86. The Balaban J connectivity index is 2.13. The van der Waals surface area contributed by atoms with Gasteiger partial charge in [-0.15, -0.1) is 0 Å². The van der Waals surface area contributed by atoms with Gasteiger partial charge in [0.2, 0.25) is 5.91 Å². The van der Waals surface area contributed by atoms with E-state index in [4.69, 9.17) is 11.6 Å². The summed E-state index contributed by atoms with van der Waals surface area (Å²) in [4.78, 5) is 26.6. The van der Waals surface area contributed by atoms with Crippen molar-refractivity contribution in [2.75, 3.05) is 7.05 Å². The fourth-order valence-electron chi connectivity index (χ4n) is 2.56. The molecule has 0 aliphatic rings. The number of hydrogen-bond donors (Lipinski definition) is 1. The summed E-state index contributed by atoms with van der Waals surface area (Å²) in [5.41, 5.74) is 0.729. The molecule has 2 amide bonds. The SMILES string of the molecule is CC(C)C(NC(=O)c1ccccc1)C(=O)N(C)Cc1c(F)cccc1Cl. The molecule has 2 aromatic carbocycles. The molecule has 0 radical (unpaired) electrons.